The predicted octanol–water partition coefficient (Wildman–Crippen LogP) is 3.21. The van der Waals surface area contributed by atoms with E-state index in [-0.39, 0.29) is 18.1 Å². The van der Waals surface area contributed by atoms with Crippen molar-refractivity contribution in [1.29, 1.82) is 0 Å². The molecule has 30 heavy (non-hydrogen) atoms. The number of carbonyl (C=O) groups is 1. The number of nitrogens with one attached hydrogen (secondary N) is 1. The molecule has 148 valence electrons. The molecule has 0 aliphatic rings. The fraction of sp³-hybridized carbons (Fsp3) is 0.0476. The van der Waals surface area contributed by atoms with E-state index in [9.17, 15) is 9.59 Å². The van der Waals surface area contributed by atoms with Crippen molar-refractivity contribution < 1.29 is 4.79 Å². The SMILES string of the molecule is O=C(Cn1nc2c3cc(-c4ccccc4)nn3ccn2c1=O)Nc1ccc(Br)cc1. The molecule has 0 saturated heterocycles. The summed E-state index contributed by atoms with van der Waals surface area (Å²) in [6.07, 6.45) is 3.30. The maximum atomic E-state index is 12.7. The van der Waals surface area contributed by atoms with Crippen LogP contribution in [-0.4, -0.2) is 29.7 Å². The number of rotatable bonds is 4. The van der Waals surface area contributed by atoms with E-state index < -0.39 is 0 Å². The topological polar surface area (TPSA) is 85.7 Å². The van der Waals surface area contributed by atoms with Crippen LogP contribution in [0, 0.1) is 0 Å². The van der Waals surface area contributed by atoms with Crippen LogP contribution in [0.2, 0.25) is 0 Å². The van der Waals surface area contributed by atoms with Crippen LogP contribution >= 0.6 is 15.9 Å². The Balaban J connectivity index is 1.49. The van der Waals surface area contributed by atoms with Crippen molar-refractivity contribution >= 4 is 38.7 Å². The zero-order valence-corrected chi connectivity index (χ0v) is 17.2. The predicted molar refractivity (Wildman–Crippen MR) is 116 cm³/mol. The summed E-state index contributed by atoms with van der Waals surface area (Å²) in [5.74, 6) is -0.336. The average Bonchev–Trinajstić information content (AvgIpc) is 3.32. The zero-order chi connectivity index (χ0) is 20.7. The van der Waals surface area contributed by atoms with Crippen molar-refractivity contribution in [2.24, 2.45) is 0 Å². The highest BCUT2D eigenvalue weighted by Gasteiger charge is 2.15. The highest BCUT2D eigenvalue weighted by molar-refractivity contribution is 9.10. The number of anilines is 1. The van der Waals surface area contributed by atoms with Gasteiger partial charge in [-0.15, -0.1) is 5.10 Å². The van der Waals surface area contributed by atoms with Crippen molar-refractivity contribution in [3.8, 4) is 11.3 Å². The Kier molecular flexibility index (Phi) is 4.44. The lowest BCUT2D eigenvalue weighted by Gasteiger charge is -2.04. The Bertz CT molecular complexity index is 1430. The van der Waals surface area contributed by atoms with Gasteiger partial charge in [0, 0.05) is 28.1 Å². The molecule has 0 aliphatic carbocycles. The number of amides is 1. The fourth-order valence-electron chi connectivity index (χ4n) is 3.26. The number of hydrogen-bond acceptors (Lipinski definition) is 4. The van der Waals surface area contributed by atoms with E-state index in [0.29, 0.717) is 16.9 Å². The molecule has 5 rings (SSSR count). The quantitative estimate of drug-likeness (QED) is 0.444. The lowest BCUT2D eigenvalue weighted by atomic mass is 10.1. The number of aromatic nitrogens is 5. The molecule has 0 aliphatic heterocycles. The molecule has 9 heteroatoms. The Morgan fingerprint density at radius 1 is 1.00 bits per heavy atom. The summed E-state index contributed by atoms with van der Waals surface area (Å²) < 4.78 is 5.16. The van der Waals surface area contributed by atoms with Gasteiger partial charge in [0.05, 0.1) is 5.69 Å². The molecular formula is C21H15BrN6O2. The normalized spacial score (nSPS) is 11.2. The second-order valence-corrected chi connectivity index (χ2v) is 7.63. The van der Waals surface area contributed by atoms with Gasteiger partial charge in [0.1, 0.15) is 12.1 Å². The van der Waals surface area contributed by atoms with E-state index in [1.807, 2.05) is 48.5 Å². The van der Waals surface area contributed by atoms with Crippen LogP contribution in [-0.2, 0) is 11.3 Å². The zero-order valence-electron chi connectivity index (χ0n) is 15.6. The molecule has 8 nitrogen and oxygen atoms in total. The third-order valence-corrected chi connectivity index (χ3v) is 5.21. The lowest BCUT2D eigenvalue weighted by Crippen LogP contribution is -2.28. The summed E-state index contributed by atoms with van der Waals surface area (Å²) in [6.45, 7) is -0.192. The third-order valence-electron chi connectivity index (χ3n) is 4.68. The Morgan fingerprint density at radius 2 is 1.77 bits per heavy atom. The molecule has 2 aromatic carbocycles. The second kappa shape index (κ2) is 7.27. The highest BCUT2D eigenvalue weighted by Crippen LogP contribution is 2.21. The van der Waals surface area contributed by atoms with Crippen molar-refractivity contribution in [3.63, 3.8) is 0 Å². The molecular weight excluding hydrogens is 448 g/mol. The summed E-state index contributed by atoms with van der Waals surface area (Å²) in [4.78, 5) is 25.1. The molecule has 5 aromatic rings. The van der Waals surface area contributed by atoms with E-state index >= 15 is 0 Å². The highest BCUT2D eigenvalue weighted by atomic mass is 79.9. The number of halogens is 1. The van der Waals surface area contributed by atoms with Crippen molar-refractivity contribution in [1.82, 2.24) is 23.8 Å². The Hall–Kier alpha value is -3.72. The molecule has 3 aromatic heterocycles. The minimum Gasteiger partial charge on any atom is -0.324 e. The first-order chi connectivity index (χ1) is 14.6. The van der Waals surface area contributed by atoms with Gasteiger partial charge < -0.3 is 5.32 Å². The molecule has 0 bridgehead atoms. The van der Waals surface area contributed by atoms with E-state index in [1.165, 1.54) is 4.40 Å². The molecule has 3 heterocycles. The fourth-order valence-corrected chi connectivity index (χ4v) is 3.52. The summed E-state index contributed by atoms with van der Waals surface area (Å²) in [6, 6.07) is 18.8. The first-order valence-electron chi connectivity index (χ1n) is 9.17. The second-order valence-electron chi connectivity index (χ2n) is 6.71. The number of hydrogen-bond donors (Lipinski definition) is 1. The maximum absolute atomic E-state index is 12.7. The van der Waals surface area contributed by atoms with Crippen LogP contribution in [0.25, 0.3) is 22.4 Å². The monoisotopic (exact) mass is 462 g/mol. The van der Waals surface area contributed by atoms with Gasteiger partial charge in [0.15, 0.2) is 5.65 Å². The van der Waals surface area contributed by atoms with Gasteiger partial charge in [0.25, 0.3) is 0 Å². The van der Waals surface area contributed by atoms with Crippen LogP contribution in [0.3, 0.4) is 0 Å². The minimum absolute atomic E-state index is 0.192. The van der Waals surface area contributed by atoms with E-state index in [0.717, 1.165) is 20.4 Å². The summed E-state index contributed by atoms with van der Waals surface area (Å²) in [7, 11) is 0. The minimum atomic E-state index is -0.388. The van der Waals surface area contributed by atoms with Crippen LogP contribution in [0.1, 0.15) is 0 Å². The standard InChI is InChI=1S/C21H15BrN6O2/c22-15-6-8-16(9-7-15)23-19(29)13-28-21(30)26-10-11-27-18(20(26)25-28)12-17(24-27)14-4-2-1-3-5-14/h1-12H,13H2,(H,23,29). The van der Waals surface area contributed by atoms with E-state index in [1.54, 1.807) is 29.0 Å². The Labute approximate surface area is 178 Å². The van der Waals surface area contributed by atoms with Gasteiger partial charge in [-0.05, 0) is 30.3 Å². The molecule has 0 saturated carbocycles. The Morgan fingerprint density at radius 3 is 2.53 bits per heavy atom. The van der Waals surface area contributed by atoms with Crippen molar-refractivity contribution in [2.75, 3.05) is 5.32 Å². The average molecular weight is 463 g/mol. The number of carbonyl (C=O) groups excluding carboxylic acids is 1. The number of fused-ring (bicyclic) bond motifs is 3. The first-order valence-corrected chi connectivity index (χ1v) is 9.96. The van der Waals surface area contributed by atoms with Crippen molar-refractivity contribution in [2.45, 2.75) is 6.54 Å². The van der Waals surface area contributed by atoms with Gasteiger partial charge in [-0.1, -0.05) is 46.3 Å². The summed E-state index contributed by atoms with van der Waals surface area (Å²) in [5.41, 5.74) is 3.12. The first kappa shape index (κ1) is 18.3. The number of nitrogens with zero attached hydrogens (tertiary/aromatic N) is 5. The van der Waals surface area contributed by atoms with E-state index in [2.05, 4.69) is 31.4 Å². The van der Waals surface area contributed by atoms with Crippen LogP contribution in [0.5, 0.6) is 0 Å². The van der Waals surface area contributed by atoms with Crippen LogP contribution in [0.15, 0.2) is 82.3 Å². The molecule has 1 amide bonds. The summed E-state index contributed by atoms with van der Waals surface area (Å²) >= 11 is 3.35. The molecule has 0 spiro atoms. The van der Waals surface area contributed by atoms with Gasteiger partial charge in [-0.25, -0.2) is 18.4 Å². The molecule has 0 fully saturated rings. The van der Waals surface area contributed by atoms with Crippen molar-refractivity contribution in [3.05, 3.63) is 88.0 Å². The van der Waals surface area contributed by atoms with Crippen LogP contribution in [0.4, 0.5) is 5.69 Å². The molecule has 0 radical (unpaired) electrons. The largest absolute Gasteiger partial charge is 0.350 e. The van der Waals surface area contributed by atoms with Gasteiger partial charge in [-0.3, -0.25) is 4.79 Å². The lowest BCUT2D eigenvalue weighted by molar-refractivity contribution is -0.117. The smallest absolute Gasteiger partial charge is 0.324 e. The van der Waals surface area contributed by atoms with Crippen LogP contribution < -0.4 is 11.0 Å². The van der Waals surface area contributed by atoms with E-state index in [4.69, 9.17) is 0 Å². The molecule has 1 N–H and O–H groups in total. The maximum Gasteiger partial charge on any atom is 0.350 e. The van der Waals surface area contributed by atoms with Gasteiger partial charge in [0.2, 0.25) is 5.91 Å². The molecule has 0 atom stereocenters. The number of benzene rings is 2. The van der Waals surface area contributed by atoms with Gasteiger partial charge in [-0.2, -0.15) is 5.10 Å². The molecule has 0 unspecified atom stereocenters. The summed E-state index contributed by atoms with van der Waals surface area (Å²) in [5, 5.41) is 11.7. The van der Waals surface area contributed by atoms with Gasteiger partial charge >= 0.3 is 5.69 Å². The third kappa shape index (κ3) is 3.29.